The van der Waals surface area contributed by atoms with Crippen LogP contribution in [0.4, 0.5) is 5.13 Å². The summed E-state index contributed by atoms with van der Waals surface area (Å²) in [6, 6.07) is 5.18. The van der Waals surface area contributed by atoms with Crippen molar-refractivity contribution in [1.82, 2.24) is 14.5 Å². The molecule has 10 heteroatoms. The second-order valence-corrected chi connectivity index (χ2v) is 9.65. The van der Waals surface area contributed by atoms with Gasteiger partial charge in [-0.2, -0.15) is 4.31 Å². The van der Waals surface area contributed by atoms with Crippen LogP contribution in [-0.2, 0) is 14.8 Å². The minimum absolute atomic E-state index is 0.125. The second-order valence-electron chi connectivity index (χ2n) is 6.32. The Hall–Kier alpha value is -1.55. The highest BCUT2D eigenvalue weighted by Crippen LogP contribution is 2.28. The number of nitrogens with one attached hydrogen (secondary N) is 1. The molecule has 1 aromatic heterocycles. The topological polar surface area (TPSA) is 92.3 Å². The van der Waals surface area contributed by atoms with Gasteiger partial charge < -0.3 is 0 Å². The molecule has 0 aliphatic carbocycles. The van der Waals surface area contributed by atoms with Crippen molar-refractivity contribution in [3.8, 4) is 0 Å². The van der Waals surface area contributed by atoms with Crippen LogP contribution in [0.2, 0.25) is 5.02 Å². The molecule has 0 saturated carbocycles. The van der Waals surface area contributed by atoms with E-state index in [1.54, 1.807) is 0 Å². The zero-order valence-corrected chi connectivity index (χ0v) is 16.7. The van der Waals surface area contributed by atoms with Crippen LogP contribution in [-0.4, -0.2) is 41.4 Å². The van der Waals surface area contributed by atoms with Crippen molar-refractivity contribution >= 4 is 44.0 Å². The number of rotatable bonds is 5. The molecule has 1 aromatic carbocycles. The lowest BCUT2D eigenvalue weighted by molar-refractivity contribution is -0.119. The molecule has 3 rings (SSSR count). The Labute approximate surface area is 161 Å². The van der Waals surface area contributed by atoms with Gasteiger partial charge in [0, 0.05) is 17.5 Å². The Balaban J connectivity index is 1.78. The Morgan fingerprint density at radius 2 is 2.00 bits per heavy atom. The van der Waals surface area contributed by atoms with E-state index in [1.807, 2.05) is 13.8 Å². The van der Waals surface area contributed by atoms with Crippen molar-refractivity contribution < 1.29 is 13.2 Å². The van der Waals surface area contributed by atoms with Gasteiger partial charge in [0.05, 0.1) is 4.90 Å². The van der Waals surface area contributed by atoms with E-state index in [2.05, 4.69) is 15.5 Å². The van der Waals surface area contributed by atoms with Crippen LogP contribution in [0.5, 0.6) is 0 Å². The first-order chi connectivity index (χ1) is 12.3. The van der Waals surface area contributed by atoms with Crippen molar-refractivity contribution in [3.63, 3.8) is 0 Å². The van der Waals surface area contributed by atoms with Gasteiger partial charge >= 0.3 is 0 Å². The van der Waals surface area contributed by atoms with Gasteiger partial charge in [0.2, 0.25) is 21.1 Å². The van der Waals surface area contributed by atoms with Gasteiger partial charge in [0.15, 0.2) is 0 Å². The Bertz CT molecular complexity index is 896. The summed E-state index contributed by atoms with van der Waals surface area (Å²) in [5.41, 5.74) is 0. The lowest BCUT2D eigenvalue weighted by Crippen LogP contribution is -2.43. The number of carbonyl (C=O) groups excluding carboxylic acids is 1. The number of amides is 1. The average Bonchev–Trinajstić information content (AvgIpc) is 3.24. The molecule has 0 unspecified atom stereocenters. The van der Waals surface area contributed by atoms with Crippen LogP contribution in [0, 0.1) is 0 Å². The van der Waals surface area contributed by atoms with Crippen LogP contribution >= 0.6 is 22.9 Å². The summed E-state index contributed by atoms with van der Waals surface area (Å²) < 4.78 is 27.0. The molecule has 0 bridgehead atoms. The first kappa shape index (κ1) is 19.2. The monoisotopic (exact) mass is 414 g/mol. The molecule has 1 amide bonds. The van der Waals surface area contributed by atoms with Gasteiger partial charge in [0.25, 0.3) is 0 Å². The van der Waals surface area contributed by atoms with Crippen molar-refractivity contribution in [2.75, 3.05) is 11.9 Å². The van der Waals surface area contributed by atoms with Crippen LogP contribution in [0.25, 0.3) is 0 Å². The largest absolute Gasteiger partial charge is 0.299 e. The number of aromatic nitrogens is 2. The van der Waals surface area contributed by atoms with Gasteiger partial charge in [-0.3, -0.25) is 10.1 Å². The number of anilines is 1. The van der Waals surface area contributed by atoms with E-state index in [1.165, 1.54) is 39.9 Å². The SMILES string of the molecule is CC(C)c1nnc(NC(=O)[C@H]2CCCN2S(=O)(=O)c2ccc(Cl)cc2)s1. The Kier molecular flexibility index (Phi) is 5.61. The maximum absolute atomic E-state index is 12.9. The fourth-order valence-corrected chi connectivity index (χ4v) is 5.27. The van der Waals surface area contributed by atoms with Gasteiger partial charge in [0.1, 0.15) is 11.0 Å². The lowest BCUT2D eigenvalue weighted by atomic mass is 10.2. The van der Waals surface area contributed by atoms with Crippen molar-refractivity contribution in [2.24, 2.45) is 0 Å². The summed E-state index contributed by atoms with van der Waals surface area (Å²) in [5.74, 6) is -0.169. The van der Waals surface area contributed by atoms with Gasteiger partial charge in [-0.25, -0.2) is 8.42 Å². The van der Waals surface area contributed by atoms with Crippen LogP contribution in [0.15, 0.2) is 29.2 Å². The third-order valence-corrected chi connectivity index (χ3v) is 7.40. The molecular formula is C16H19ClN4O3S2. The summed E-state index contributed by atoms with van der Waals surface area (Å²) in [4.78, 5) is 12.8. The van der Waals surface area contributed by atoms with Crippen molar-refractivity contribution in [1.29, 1.82) is 0 Å². The number of hydrogen-bond acceptors (Lipinski definition) is 6. The zero-order valence-electron chi connectivity index (χ0n) is 14.3. The molecule has 1 saturated heterocycles. The van der Waals surface area contributed by atoms with Gasteiger partial charge in [-0.15, -0.1) is 10.2 Å². The van der Waals surface area contributed by atoms with Crippen molar-refractivity contribution in [2.45, 2.75) is 43.5 Å². The number of nitrogens with zero attached hydrogens (tertiary/aromatic N) is 3. The van der Waals surface area contributed by atoms with Crippen molar-refractivity contribution in [3.05, 3.63) is 34.3 Å². The van der Waals surface area contributed by atoms with E-state index >= 15 is 0 Å². The number of carbonyl (C=O) groups is 1. The van der Waals surface area contributed by atoms with Crippen LogP contribution in [0.1, 0.15) is 37.6 Å². The highest BCUT2D eigenvalue weighted by Gasteiger charge is 2.39. The summed E-state index contributed by atoms with van der Waals surface area (Å²) in [7, 11) is -3.77. The molecule has 1 aliphatic rings. The minimum atomic E-state index is -3.77. The molecule has 140 valence electrons. The number of benzene rings is 1. The van der Waals surface area contributed by atoms with Gasteiger partial charge in [-0.1, -0.05) is 36.8 Å². The third-order valence-electron chi connectivity index (χ3n) is 4.09. The molecule has 0 radical (unpaired) electrons. The first-order valence-corrected chi connectivity index (χ1v) is 10.8. The quantitative estimate of drug-likeness (QED) is 0.811. The maximum Gasteiger partial charge on any atom is 0.244 e. The molecule has 0 spiro atoms. The molecular weight excluding hydrogens is 396 g/mol. The highest BCUT2D eigenvalue weighted by atomic mass is 35.5. The van der Waals surface area contributed by atoms with Gasteiger partial charge in [-0.05, 0) is 37.1 Å². The summed E-state index contributed by atoms with van der Waals surface area (Å²) in [6.45, 7) is 4.28. The summed E-state index contributed by atoms with van der Waals surface area (Å²) >= 11 is 7.13. The average molecular weight is 415 g/mol. The predicted octanol–water partition coefficient (Wildman–Crippen LogP) is 3.11. The van der Waals surface area contributed by atoms with Crippen LogP contribution in [0.3, 0.4) is 0 Å². The Morgan fingerprint density at radius 1 is 1.31 bits per heavy atom. The smallest absolute Gasteiger partial charge is 0.244 e. The van der Waals surface area contributed by atoms with E-state index in [0.717, 1.165) is 5.01 Å². The molecule has 26 heavy (non-hydrogen) atoms. The molecule has 1 N–H and O–H groups in total. The molecule has 7 nitrogen and oxygen atoms in total. The number of halogens is 1. The summed E-state index contributed by atoms with van der Waals surface area (Å²) in [5, 5.41) is 12.3. The normalized spacial score (nSPS) is 18.4. The van der Waals surface area contributed by atoms with E-state index in [4.69, 9.17) is 11.6 Å². The Morgan fingerprint density at radius 3 is 2.62 bits per heavy atom. The molecule has 1 fully saturated rings. The third kappa shape index (κ3) is 3.90. The lowest BCUT2D eigenvalue weighted by Gasteiger charge is -2.23. The number of sulfonamides is 1. The predicted molar refractivity (Wildman–Crippen MR) is 101 cm³/mol. The van der Waals surface area contributed by atoms with E-state index < -0.39 is 16.1 Å². The summed E-state index contributed by atoms with van der Waals surface area (Å²) in [6.07, 6.45) is 1.09. The fourth-order valence-electron chi connectivity index (χ4n) is 2.74. The standard InChI is InChI=1S/C16H19ClN4O3S2/c1-10(2)15-19-20-16(25-15)18-14(22)13-4-3-9-21(13)26(23,24)12-7-5-11(17)6-8-12/h5-8,10,13H,3-4,9H2,1-2H3,(H,18,20,22)/t13-/m1/s1. The number of hydrogen-bond donors (Lipinski definition) is 1. The molecule has 1 aliphatic heterocycles. The van der Waals surface area contributed by atoms with E-state index in [0.29, 0.717) is 29.5 Å². The van der Waals surface area contributed by atoms with E-state index in [9.17, 15) is 13.2 Å². The fraction of sp³-hybridized carbons (Fsp3) is 0.438. The minimum Gasteiger partial charge on any atom is -0.299 e. The molecule has 1 atom stereocenters. The van der Waals surface area contributed by atoms with Crippen LogP contribution < -0.4 is 5.32 Å². The van der Waals surface area contributed by atoms with E-state index in [-0.39, 0.29) is 16.7 Å². The maximum atomic E-state index is 12.9. The second kappa shape index (κ2) is 7.59. The molecule has 2 heterocycles. The first-order valence-electron chi connectivity index (χ1n) is 8.20. The molecule has 2 aromatic rings. The zero-order chi connectivity index (χ0) is 18.9. The highest BCUT2D eigenvalue weighted by molar-refractivity contribution is 7.89.